The number of nitrogens with one attached hydrogen (secondary N) is 2. The lowest BCUT2D eigenvalue weighted by atomic mass is 10.1. The van der Waals surface area contributed by atoms with E-state index in [9.17, 15) is 13.2 Å². The summed E-state index contributed by atoms with van der Waals surface area (Å²) in [6, 6.07) is 18.1. The van der Waals surface area contributed by atoms with Gasteiger partial charge in [0.2, 0.25) is 0 Å². The highest BCUT2D eigenvalue weighted by atomic mass is 32.2. The minimum absolute atomic E-state index is 0.00911. The van der Waals surface area contributed by atoms with Crippen molar-refractivity contribution in [2.45, 2.75) is 64.3 Å². The summed E-state index contributed by atoms with van der Waals surface area (Å²) in [4.78, 5) is 12.0. The van der Waals surface area contributed by atoms with Gasteiger partial charge >= 0.3 is 6.09 Å². The Balaban J connectivity index is 1.34. The van der Waals surface area contributed by atoms with E-state index in [2.05, 4.69) is 20.3 Å². The zero-order valence-electron chi connectivity index (χ0n) is 26.4. The number of benzene rings is 3. The Kier molecular flexibility index (Phi) is 9.52. The summed E-state index contributed by atoms with van der Waals surface area (Å²) < 4.78 is 54.2. The fourth-order valence-electron chi connectivity index (χ4n) is 4.69. The number of rotatable bonds is 12. The summed E-state index contributed by atoms with van der Waals surface area (Å²) in [6.45, 7) is 8.15. The summed E-state index contributed by atoms with van der Waals surface area (Å²) in [6.07, 6.45) is 3.58. The highest BCUT2D eigenvalue weighted by molar-refractivity contribution is 7.92. The molecule has 0 saturated heterocycles. The molecule has 0 unspecified atom stereocenters. The van der Waals surface area contributed by atoms with E-state index < -0.39 is 21.7 Å². The van der Waals surface area contributed by atoms with Crippen LogP contribution in [0.3, 0.4) is 0 Å². The molecule has 2 aromatic heterocycles. The molecule has 0 bridgehead atoms. The lowest BCUT2D eigenvalue weighted by molar-refractivity contribution is 0.0523. The predicted octanol–water partition coefficient (Wildman–Crippen LogP) is 6.05. The van der Waals surface area contributed by atoms with E-state index >= 15 is 0 Å². The van der Waals surface area contributed by atoms with Crippen LogP contribution in [0.1, 0.15) is 49.9 Å². The van der Waals surface area contributed by atoms with E-state index in [0.29, 0.717) is 29.7 Å². The molecule has 0 aliphatic heterocycles. The van der Waals surface area contributed by atoms with Crippen LogP contribution < -0.4 is 19.5 Å². The lowest BCUT2D eigenvalue weighted by Gasteiger charge is -2.19. The van der Waals surface area contributed by atoms with Crippen molar-refractivity contribution < 1.29 is 31.9 Å². The van der Waals surface area contributed by atoms with E-state index in [0.717, 1.165) is 22.3 Å². The molecule has 5 aromatic rings. The SMILES string of the molecule is CCc1ccc(OCc2ccccc2)c(S(=O)(=O)Nc2noc3cc(Cn4cc(CNC(=O)OC(C)(C)C)cn4)cc(OC)c23)c1. The van der Waals surface area contributed by atoms with E-state index in [-0.39, 0.29) is 29.6 Å². The molecule has 13 heteroatoms. The minimum Gasteiger partial charge on any atom is -0.496 e. The number of carbonyl (C=O) groups is 1. The second-order valence-electron chi connectivity index (χ2n) is 11.6. The van der Waals surface area contributed by atoms with Crippen molar-refractivity contribution in [1.82, 2.24) is 20.3 Å². The van der Waals surface area contributed by atoms with Crippen LogP contribution in [0.15, 0.2) is 82.5 Å². The predicted molar refractivity (Wildman–Crippen MR) is 172 cm³/mol. The zero-order chi connectivity index (χ0) is 32.9. The molecule has 3 aromatic carbocycles. The van der Waals surface area contributed by atoms with Crippen LogP contribution in [-0.2, 0) is 40.9 Å². The average molecular weight is 648 g/mol. The summed E-state index contributed by atoms with van der Waals surface area (Å²) >= 11 is 0. The molecule has 2 heterocycles. The largest absolute Gasteiger partial charge is 0.496 e. The molecule has 0 radical (unpaired) electrons. The smallest absolute Gasteiger partial charge is 0.407 e. The van der Waals surface area contributed by atoms with Crippen LogP contribution in [-0.4, -0.2) is 42.2 Å². The zero-order valence-corrected chi connectivity index (χ0v) is 27.2. The quantitative estimate of drug-likeness (QED) is 0.165. The number of ether oxygens (including phenoxy) is 3. The highest BCUT2D eigenvalue weighted by Gasteiger charge is 2.25. The molecule has 0 aliphatic carbocycles. The van der Waals surface area contributed by atoms with Crippen LogP contribution >= 0.6 is 0 Å². The number of aryl methyl sites for hydroxylation is 1. The number of hydrogen-bond acceptors (Lipinski definition) is 9. The Bertz CT molecular complexity index is 1930. The molecule has 5 rings (SSSR count). The molecule has 0 saturated carbocycles. The van der Waals surface area contributed by atoms with Gasteiger partial charge in [-0.1, -0.05) is 48.5 Å². The summed E-state index contributed by atoms with van der Waals surface area (Å²) in [5.74, 6) is 0.577. The maximum atomic E-state index is 13.8. The second kappa shape index (κ2) is 13.5. The van der Waals surface area contributed by atoms with E-state index in [1.54, 1.807) is 62.1 Å². The Labute approximate surface area is 267 Å². The van der Waals surface area contributed by atoms with Crippen molar-refractivity contribution in [3.05, 3.63) is 95.3 Å². The van der Waals surface area contributed by atoms with Gasteiger partial charge < -0.3 is 24.1 Å². The fourth-order valence-corrected chi connectivity index (χ4v) is 5.89. The molecule has 1 amide bonds. The van der Waals surface area contributed by atoms with Gasteiger partial charge in [0.1, 0.15) is 34.0 Å². The van der Waals surface area contributed by atoms with Crippen molar-refractivity contribution in [2.75, 3.05) is 11.8 Å². The van der Waals surface area contributed by atoms with Gasteiger partial charge in [-0.2, -0.15) is 5.10 Å². The first-order valence-corrected chi connectivity index (χ1v) is 16.2. The molecule has 242 valence electrons. The van der Waals surface area contributed by atoms with Crippen molar-refractivity contribution in [1.29, 1.82) is 0 Å². The topological polar surface area (TPSA) is 147 Å². The van der Waals surface area contributed by atoms with Crippen LogP contribution in [0.4, 0.5) is 10.6 Å². The monoisotopic (exact) mass is 647 g/mol. The third-order valence-electron chi connectivity index (χ3n) is 6.86. The van der Waals surface area contributed by atoms with Crippen LogP contribution in [0.5, 0.6) is 11.5 Å². The lowest BCUT2D eigenvalue weighted by Crippen LogP contribution is -2.32. The van der Waals surface area contributed by atoms with Crippen molar-refractivity contribution >= 4 is 32.9 Å². The van der Waals surface area contributed by atoms with Gasteiger partial charge in [0.05, 0.1) is 19.9 Å². The number of sulfonamides is 1. The summed E-state index contributed by atoms with van der Waals surface area (Å²) in [7, 11) is -2.67. The second-order valence-corrected chi connectivity index (χ2v) is 13.3. The van der Waals surface area contributed by atoms with E-state index in [4.69, 9.17) is 18.7 Å². The third-order valence-corrected chi connectivity index (χ3v) is 8.22. The first-order chi connectivity index (χ1) is 21.9. The standard InChI is InChI=1S/C33H37N5O7S/c1-6-22-12-13-26(43-21-23-10-8-7-9-11-23)29(16-22)46(40,41)37-31-30-27(42-5)14-24(15-28(30)45-36-31)19-38-20-25(18-35-38)17-34-32(39)44-33(2,3)4/h7-16,18,20H,6,17,19,21H2,1-5H3,(H,34,39)(H,36,37). The molecular weight excluding hydrogens is 610 g/mol. The molecule has 0 spiro atoms. The van der Waals surface area contributed by atoms with Crippen LogP contribution in [0.2, 0.25) is 0 Å². The van der Waals surface area contributed by atoms with Crippen molar-refractivity contribution in [3.8, 4) is 11.5 Å². The first-order valence-electron chi connectivity index (χ1n) is 14.7. The number of fused-ring (bicyclic) bond motifs is 1. The number of nitrogens with zero attached hydrogens (tertiary/aromatic N) is 3. The van der Waals surface area contributed by atoms with E-state index in [1.807, 2.05) is 43.3 Å². The molecular formula is C33H37N5O7S. The molecule has 0 atom stereocenters. The molecule has 12 nitrogen and oxygen atoms in total. The van der Waals surface area contributed by atoms with Gasteiger partial charge in [0, 0.05) is 18.3 Å². The molecule has 46 heavy (non-hydrogen) atoms. The Morgan fingerprint density at radius 3 is 2.48 bits per heavy atom. The first kappa shape index (κ1) is 32.4. The summed E-state index contributed by atoms with van der Waals surface area (Å²) in [5.41, 5.74) is 3.04. The van der Waals surface area contributed by atoms with E-state index in [1.165, 1.54) is 7.11 Å². The van der Waals surface area contributed by atoms with Crippen molar-refractivity contribution in [3.63, 3.8) is 0 Å². The minimum atomic E-state index is -4.15. The third kappa shape index (κ3) is 7.96. The van der Waals surface area contributed by atoms with Crippen LogP contribution in [0, 0.1) is 0 Å². The Hall–Kier alpha value is -5.04. The van der Waals surface area contributed by atoms with Gasteiger partial charge in [-0.15, -0.1) is 0 Å². The number of hydrogen-bond donors (Lipinski definition) is 2. The summed E-state index contributed by atoms with van der Waals surface area (Å²) in [5, 5.41) is 11.5. The maximum Gasteiger partial charge on any atom is 0.407 e. The highest BCUT2D eigenvalue weighted by Crippen LogP contribution is 2.36. The number of aromatic nitrogens is 3. The van der Waals surface area contributed by atoms with Gasteiger partial charge in [0.25, 0.3) is 10.0 Å². The van der Waals surface area contributed by atoms with Crippen LogP contribution in [0.25, 0.3) is 11.0 Å². The fraction of sp³-hybridized carbons (Fsp3) is 0.303. The van der Waals surface area contributed by atoms with Gasteiger partial charge in [0.15, 0.2) is 11.4 Å². The molecule has 2 N–H and O–H groups in total. The van der Waals surface area contributed by atoms with Gasteiger partial charge in [-0.05, 0) is 68.1 Å². The maximum absolute atomic E-state index is 13.8. The number of amides is 1. The van der Waals surface area contributed by atoms with Crippen molar-refractivity contribution in [2.24, 2.45) is 0 Å². The molecule has 0 fully saturated rings. The van der Waals surface area contributed by atoms with Gasteiger partial charge in [-0.25, -0.2) is 13.2 Å². The van der Waals surface area contributed by atoms with Gasteiger partial charge in [-0.3, -0.25) is 9.40 Å². The number of methoxy groups -OCH3 is 1. The number of anilines is 1. The number of carbonyl (C=O) groups excluding carboxylic acids is 1. The normalized spacial score (nSPS) is 11.8. The number of alkyl carbamates (subject to hydrolysis) is 1. The Morgan fingerprint density at radius 1 is 0.978 bits per heavy atom. The average Bonchev–Trinajstić information content (AvgIpc) is 3.64. The molecule has 0 aliphatic rings. The Morgan fingerprint density at radius 2 is 1.76 bits per heavy atom.